The van der Waals surface area contributed by atoms with Gasteiger partial charge in [0.05, 0.1) is 17.7 Å². The Labute approximate surface area is 134 Å². The van der Waals surface area contributed by atoms with Crippen LogP contribution in [-0.2, 0) is 25.5 Å². The first-order valence-corrected chi connectivity index (χ1v) is 6.98. The summed E-state index contributed by atoms with van der Waals surface area (Å²) in [6.45, 7) is 2.92. The Morgan fingerprint density at radius 3 is 1.75 bits per heavy atom. The number of halogens is 6. The van der Waals surface area contributed by atoms with Gasteiger partial charge in [-0.15, -0.1) is 0 Å². The first-order chi connectivity index (χ1) is 10.9. The van der Waals surface area contributed by atoms with Crippen molar-refractivity contribution in [1.29, 1.82) is 0 Å². The highest BCUT2D eigenvalue weighted by Gasteiger charge is 2.36. The van der Waals surface area contributed by atoms with Crippen LogP contribution in [0, 0.1) is 13.8 Å². The van der Waals surface area contributed by atoms with Crippen molar-refractivity contribution in [1.82, 2.24) is 4.57 Å². The molecule has 2 rings (SSSR count). The third kappa shape index (κ3) is 3.75. The van der Waals surface area contributed by atoms with Crippen LogP contribution in [0.5, 0.6) is 0 Å². The Hall–Kier alpha value is -1.96. The summed E-state index contributed by atoms with van der Waals surface area (Å²) in [7, 11) is 0. The van der Waals surface area contributed by atoms with Gasteiger partial charge in [-0.25, -0.2) is 0 Å². The lowest BCUT2D eigenvalue weighted by molar-refractivity contribution is -0.143. The summed E-state index contributed by atoms with van der Waals surface area (Å²) >= 11 is 0. The Morgan fingerprint density at radius 2 is 1.38 bits per heavy atom. The smallest absolute Gasteiger partial charge is 0.392 e. The highest BCUT2D eigenvalue weighted by molar-refractivity contribution is 5.35. The third-order valence-electron chi connectivity index (χ3n) is 3.84. The zero-order chi connectivity index (χ0) is 18.3. The van der Waals surface area contributed by atoms with E-state index >= 15 is 0 Å². The van der Waals surface area contributed by atoms with Gasteiger partial charge in [-0.3, -0.25) is 0 Å². The molecule has 0 amide bonds. The molecule has 0 bridgehead atoms. The molecule has 0 aliphatic heterocycles. The number of aryl methyl sites for hydroxylation is 1. The summed E-state index contributed by atoms with van der Waals surface area (Å²) in [6, 6.07) is 3.19. The molecule has 0 aliphatic carbocycles. The Morgan fingerprint density at radius 1 is 0.875 bits per heavy atom. The van der Waals surface area contributed by atoms with Crippen molar-refractivity contribution >= 4 is 0 Å². The summed E-state index contributed by atoms with van der Waals surface area (Å²) in [6.07, 6.45) is -9.74. The molecule has 0 saturated carbocycles. The van der Waals surface area contributed by atoms with Gasteiger partial charge in [0, 0.05) is 17.9 Å². The van der Waals surface area contributed by atoms with Gasteiger partial charge < -0.3 is 9.67 Å². The van der Waals surface area contributed by atoms with E-state index in [0.717, 1.165) is 0 Å². The van der Waals surface area contributed by atoms with E-state index < -0.39 is 23.5 Å². The van der Waals surface area contributed by atoms with Crippen LogP contribution in [0.15, 0.2) is 24.3 Å². The van der Waals surface area contributed by atoms with Crippen LogP contribution in [0.2, 0.25) is 0 Å². The normalized spacial score (nSPS) is 12.7. The van der Waals surface area contributed by atoms with Crippen LogP contribution < -0.4 is 0 Å². The van der Waals surface area contributed by atoms with Gasteiger partial charge in [0.15, 0.2) is 0 Å². The highest BCUT2D eigenvalue weighted by atomic mass is 19.4. The standard InChI is InChI=1S/C16H15F6NO/c1-9-3-12(8-24)10(2)23(9)7-11-4-13(15(17,18)19)6-14(5-11)16(20,21)22/h3-6,24H,7-8H2,1-2H3. The zero-order valence-electron chi connectivity index (χ0n) is 12.9. The van der Waals surface area contributed by atoms with E-state index in [-0.39, 0.29) is 24.8 Å². The van der Waals surface area contributed by atoms with Crippen molar-refractivity contribution < 1.29 is 31.4 Å². The number of nitrogens with zero attached hydrogens (tertiary/aromatic N) is 1. The molecular weight excluding hydrogens is 336 g/mol. The fourth-order valence-corrected chi connectivity index (χ4v) is 2.57. The van der Waals surface area contributed by atoms with E-state index in [1.807, 2.05) is 0 Å². The van der Waals surface area contributed by atoms with Crippen molar-refractivity contribution in [3.8, 4) is 0 Å². The van der Waals surface area contributed by atoms with Gasteiger partial charge in [-0.2, -0.15) is 26.3 Å². The average molecular weight is 351 g/mol. The monoisotopic (exact) mass is 351 g/mol. The van der Waals surface area contributed by atoms with Crippen LogP contribution in [-0.4, -0.2) is 9.67 Å². The molecule has 1 aromatic heterocycles. The SMILES string of the molecule is Cc1cc(CO)c(C)n1Cc1cc(C(F)(F)F)cc(C(F)(F)F)c1. The molecule has 132 valence electrons. The number of aliphatic hydroxyl groups excluding tert-OH is 1. The van der Waals surface area contributed by atoms with Gasteiger partial charge in [-0.05, 0) is 49.2 Å². The van der Waals surface area contributed by atoms with Crippen molar-refractivity contribution in [2.75, 3.05) is 0 Å². The molecule has 1 heterocycles. The number of alkyl halides is 6. The molecule has 0 aliphatic rings. The molecule has 0 saturated heterocycles. The largest absolute Gasteiger partial charge is 0.416 e. The summed E-state index contributed by atoms with van der Waals surface area (Å²) in [5.41, 5.74) is -0.961. The minimum Gasteiger partial charge on any atom is -0.392 e. The number of benzene rings is 1. The van der Waals surface area contributed by atoms with E-state index in [0.29, 0.717) is 29.1 Å². The predicted molar refractivity (Wildman–Crippen MR) is 75.4 cm³/mol. The first-order valence-electron chi connectivity index (χ1n) is 6.98. The molecule has 0 spiro atoms. The molecule has 24 heavy (non-hydrogen) atoms. The molecule has 0 atom stereocenters. The Kier molecular flexibility index (Phi) is 4.72. The molecule has 1 N–H and O–H groups in total. The number of hydrogen-bond donors (Lipinski definition) is 1. The quantitative estimate of drug-likeness (QED) is 0.798. The maximum atomic E-state index is 12.9. The van der Waals surface area contributed by atoms with E-state index in [1.165, 1.54) is 0 Å². The molecule has 0 radical (unpaired) electrons. The number of aromatic nitrogens is 1. The second-order valence-electron chi connectivity index (χ2n) is 5.55. The summed E-state index contributed by atoms with van der Waals surface area (Å²) in [5.74, 6) is 0. The molecule has 0 fully saturated rings. The van der Waals surface area contributed by atoms with Gasteiger partial charge in [0.2, 0.25) is 0 Å². The lowest BCUT2D eigenvalue weighted by Crippen LogP contribution is -2.13. The predicted octanol–water partition coefficient (Wildman–Crippen LogP) is 4.68. The van der Waals surface area contributed by atoms with Crippen molar-refractivity contribution in [3.05, 3.63) is 57.9 Å². The maximum absolute atomic E-state index is 12.9. The first kappa shape index (κ1) is 18.4. The Bertz CT molecular complexity index is 710. The fourth-order valence-electron chi connectivity index (χ4n) is 2.57. The number of aliphatic hydroxyl groups is 1. The zero-order valence-corrected chi connectivity index (χ0v) is 12.9. The summed E-state index contributed by atoms with van der Waals surface area (Å²) in [4.78, 5) is 0. The number of rotatable bonds is 3. The minimum atomic E-state index is -4.87. The lowest BCUT2D eigenvalue weighted by Gasteiger charge is -2.16. The molecular formula is C16H15F6NO. The average Bonchev–Trinajstić information content (AvgIpc) is 2.72. The van der Waals surface area contributed by atoms with Crippen molar-refractivity contribution in [3.63, 3.8) is 0 Å². The topological polar surface area (TPSA) is 25.2 Å². The Balaban J connectivity index is 2.53. The third-order valence-corrected chi connectivity index (χ3v) is 3.84. The van der Waals surface area contributed by atoms with Gasteiger partial charge in [0.1, 0.15) is 0 Å². The molecule has 2 aromatic rings. The fraction of sp³-hybridized carbons (Fsp3) is 0.375. The lowest BCUT2D eigenvalue weighted by atomic mass is 10.0. The van der Waals surface area contributed by atoms with E-state index in [4.69, 9.17) is 0 Å². The number of hydrogen-bond acceptors (Lipinski definition) is 1. The minimum absolute atomic E-state index is 0.108. The maximum Gasteiger partial charge on any atom is 0.416 e. The summed E-state index contributed by atoms with van der Waals surface area (Å²) < 4.78 is 78.9. The highest BCUT2D eigenvalue weighted by Crippen LogP contribution is 2.36. The molecule has 8 heteroatoms. The van der Waals surface area contributed by atoms with E-state index in [2.05, 4.69) is 0 Å². The summed E-state index contributed by atoms with van der Waals surface area (Å²) in [5, 5.41) is 9.21. The van der Waals surface area contributed by atoms with E-state index in [1.54, 1.807) is 24.5 Å². The van der Waals surface area contributed by atoms with Gasteiger partial charge >= 0.3 is 12.4 Å². The molecule has 0 unspecified atom stereocenters. The van der Waals surface area contributed by atoms with Crippen LogP contribution in [0.4, 0.5) is 26.3 Å². The van der Waals surface area contributed by atoms with Crippen molar-refractivity contribution in [2.24, 2.45) is 0 Å². The van der Waals surface area contributed by atoms with Crippen LogP contribution in [0.25, 0.3) is 0 Å². The van der Waals surface area contributed by atoms with Crippen LogP contribution >= 0.6 is 0 Å². The van der Waals surface area contributed by atoms with Gasteiger partial charge in [0.25, 0.3) is 0 Å². The molecule has 2 nitrogen and oxygen atoms in total. The molecule has 1 aromatic carbocycles. The van der Waals surface area contributed by atoms with Crippen molar-refractivity contribution in [2.45, 2.75) is 39.4 Å². The second-order valence-corrected chi connectivity index (χ2v) is 5.55. The second kappa shape index (κ2) is 6.16. The van der Waals surface area contributed by atoms with Gasteiger partial charge in [-0.1, -0.05) is 0 Å². The van der Waals surface area contributed by atoms with Crippen LogP contribution in [0.3, 0.4) is 0 Å². The van der Waals surface area contributed by atoms with E-state index in [9.17, 15) is 31.4 Å². The van der Waals surface area contributed by atoms with Crippen LogP contribution in [0.1, 0.15) is 33.6 Å².